The Hall–Kier alpha value is -1.97. The third-order valence-electron chi connectivity index (χ3n) is 5.13. The summed E-state index contributed by atoms with van der Waals surface area (Å²) in [6.07, 6.45) is 2.60. The monoisotopic (exact) mass is 424 g/mol. The van der Waals surface area contributed by atoms with E-state index in [4.69, 9.17) is 9.47 Å². The normalized spacial score (nSPS) is 23.6. The van der Waals surface area contributed by atoms with Gasteiger partial charge in [0.1, 0.15) is 0 Å². The molecule has 1 aromatic carbocycles. The molecule has 2 aliphatic rings. The Balaban J connectivity index is 1.66. The Labute approximate surface area is 171 Å². The second-order valence-corrected chi connectivity index (χ2v) is 9.56. The number of esters is 1. The van der Waals surface area contributed by atoms with E-state index in [1.165, 1.54) is 28.6 Å². The van der Waals surface area contributed by atoms with E-state index < -0.39 is 16.0 Å². The Morgan fingerprint density at radius 3 is 2.41 bits per heavy atom. The van der Waals surface area contributed by atoms with Crippen LogP contribution in [0.5, 0.6) is 0 Å². The van der Waals surface area contributed by atoms with Gasteiger partial charge in [-0.2, -0.15) is 4.31 Å². The van der Waals surface area contributed by atoms with Crippen LogP contribution >= 0.6 is 0 Å². The van der Waals surface area contributed by atoms with Gasteiger partial charge < -0.3 is 14.4 Å². The summed E-state index contributed by atoms with van der Waals surface area (Å²) >= 11 is 0. The second kappa shape index (κ2) is 9.23. The maximum atomic E-state index is 13.0. The molecular formula is C20H28N2O6S. The van der Waals surface area contributed by atoms with E-state index in [0.717, 1.165) is 19.3 Å². The van der Waals surface area contributed by atoms with Gasteiger partial charge in [0.2, 0.25) is 10.0 Å². The predicted octanol–water partition coefficient (Wildman–Crippen LogP) is 1.65. The quantitative estimate of drug-likeness (QED) is 0.668. The Morgan fingerprint density at radius 1 is 1.10 bits per heavy atom. The van der Waals surface area contributed by atoms with Crippen LogP contribution in [0.2, 0.25) is 0 Å². The van der Waals surface area contributed by atoms with Gasteiger partial charge in [-0.15, -0.1) is 0 Å². The van der Waals surface area contributed by atoms with Crippen LogP contribution in [0.3, 0.4) is 0 Å². The molecule has 0 N–H and O–H groups in total. The van der Waals surface area contributed by atoms with Crippen LogP contribution in [0.1, 0.15) is 43.5 Å². The molecule has 160 valence electrons. The number of carbonyl (C=O) groups is 2. The number of sulfonamides is 1. The number of benzene rings is 1. The molecule has 9 heteroatoms. The lowest BCUT2D eigenvalue weighted by Crippen LogP contribution is -2.48. The first-order valence-electron chi connectivity index (χ1n) is 9.98. The van der Waals surface area contributed by atoms with E-state index in [-0.39, 0.29) is 48.3 Å². The van der Waals surface area contributed by atoms with Gasteiger partial charge in [-0.25, -0.2) is 13.2 Å². The lowest BCUT2D eigenvalue weighted by molar-refractivity contribution is -0.135. The van der Waals surface area contributed by atoms with Crippen LogP contribution in [0.4, 0.5) is 0 Å². The summed E-state index contributed by atoms with van der Waals surface area (Å²) in [5, 5.41) is 0. The van der Waals surface area contributed by atoms with Gasteiger partial charge in [-0.05, 0) is 51.3 Å². The van der Waals surface area contributed by atoms with E-state index in [2.05, 4.69) is 0 Å². The topological polar surface area (TPSA) is 93.2 Å². The zero-order valence-corrected chi connectivity index (χ0v) is 17.7. The number of hydrogen-bond donors (Lipinski definition) is 0. The zero-order chi connectivity index (χ0) is 21.0. The number of morpholine rings is 1. The first kappa shape index (κ1) is 21.7. The highest BCUT2D eigenvalue weighted by molar-refractivity contribution is 7.89. The van der Waals surface area contributed by atoms with Crippen LogP contribution < -0.4 is 0 Å². The van der Waals surface area contributed by atoms with Crippen molar-refractivity contribution in [2.45, 2.75) is 50.2 Å². The van der Waals surface area contributed by atoms with E-state index in [1.54, 1.807) is 4.90 Å². The third-order valence-corrected chi connectivity index (χ3v) is 6.96. The highest BCUT2D eigenvalue weighted by Gasteiger charge is 2.32. The number of rotatable bonds is 5. The molecule has 2 atom stereocenters. The summed E-state index contributed by atoms with van der Waals surface area (Å²) < 4.78 is 38.1. The molecule has 0 saturated carbocycles. The molecular weight excluding hydrogens is 396 g/mol. The largest absolute Gasteiger partial charge is 0.452 e. The summed E-state index contributed by atoms with van der Waals surface area (Å²) in [6, 6.07) is 5.74. The summed E-state index contributed by atoms with van der Waals surface area (Å²) in [5.41, 5.74) is 0.104. The molecule has 2 aliphatic heterocycles. The molecule has 1 aromatic rings. The number of hydrogen-bond acceptors (Lipinski definition) is 6. The molecule has 29 heavy (non-hydrogen) atoms. The summed E-state index contributed by atoms with van der Waals surface area (Å²) in [4.78, 5) is 26.2. The number of nitrogens with zero attached hydrogens (tertiary/aromatic N) is 2. The lowest BCUT2D eigenvalue weighted by atomic mass is 10.1. The number of amides is 1. The average molecular weight is 425 g/mol. The van der Waals surface area contributed by atoms with Gasteiger partial charge >= 0.3 is 5.97 Å². The Morgan fingerprint density at radius 2 is 1.76 bits per heavy atom. The van der Waals surface area contributed by atoms with Crippen molar-refractivity contribution >= 4 is 21.9 Å². The molecule has 0 radical (unpaired) electrons. The Kier molecular flexibility index (Phi) is 6.92. The summed E-state index contributed by atoms with van der Waals surface area (Å²) in [6.45, 7) is 5.18. The van der Waals surface area contributed by atoms with Crippen molar-refractivity contribution < 1.29 is 27.5 Å². The van der Waals surface area contributed by atoms with Crippen molar-refractivity contribution in [1.29, 1.82) is 0 Å². The maximum Gasteiger partial charge on any atom is 0.338 e. The fraction of sp³-hybridized carbons (Fsp3) is 0.600. The number of carbonyl (C=O) groups excluding carboxylic acids is 2. The maximum absolute atomic E-state index is 13.0. The van der Waals surface area contributed by atoms with Crippen molar-refractivity contribution in [2.24, 2.45) is 0 Å². The molecule has 2 saturated heterocycles. The fourth-order valence-corrected chi connectivity index (χ4v) is 5.34. The number of ether oxygens (including phenoxy) is 2. The van der Waals surface area contributed by atoms with E-state index in [1.807, 2.05) is 13.8 Å². The minimum absolute atomic E-state index is 0.0237. The molecule has 0 spiro atoms. The second-order valence-electron chi connectivity index (χ2n) is 7.62. The minimum Gasteiger partial charge on any atom is -0.452 e. The SMILES string of the molecule is C[C@@H]1CN(S(=O)(=O)c2cccc(C(=O)OCC(=O)N3CCCCC3)c2)C[C@@H](C)O1. The van der Waals surface area contributed by atoms with Crippen LogP contribution in [0, 0.1) is 0 Å². The highest BCUT2D eigenvalue weighted by Crippen LogP contribution is 2.22. The average Bonchev–Trinajstić information content (AvgIpc) is 2.71. The molecule has 1 amide bonds. The smallest absolute Gasteiger partial charge is 0.338 e. The van der Waals surface area contributed by atoms with Crippen molar-refractivity contribution in [3.8, 4) is 0 Å². The molecule has 2 heterocycles. The third kappa shape index (κ3) is 5.34. The van der Waals surface area contributed by atoms with Crippen LogP contribution in [0.25, 0.3) is 0 Å². The van der Waals surface area contributed by atoms with Gasteiger partial charge in [0.15, 0.2) is 6.61 Å². The molecule has 0 bridgehead atoms. The van der Waals surface area contributed by atoms with Gasteiger partial charge in [-0.3, -0.25) is 4.79 Å². The molecule has 0 unspecified atom stereocenters. The predicted molar refractivity (Wildman–Crippen MR) is 106 cm³/mol. The van der Waals surface area contributed by atoms with Gasteiger partial charge in [0.25, 0.3) is 5.91 Å². The van der Waals surface area contributed by atoms with Crippen molar-refractivity contribution in [2.75, 3.05) is 32.8 Å². The Bertz CT molecular complexity index is 840. The van der Waals surface area contributed by atoms with Gasteiger partial charge in [-0.1, -0.05) is 6.07 Å². The molecule has 0 aromatic heterocycles. The lowest BCUT2D eigenvalue weighted by Gasteiger charge is -2.34. The molecule has 2 fully saturated rings. The number of likely N-dealkylation sites (tertiary alicyclic amines) is 1. The fourth-order valence-electron chi connectivity index (χ4n) is 3.70. The van der Waals surface area contributed by atoms with Crippen molar-refractivity contribution in [3.05, 3.63) is 29.8 Å². The minimum atomic E-state index is -3.76. The van der Waals surface area contributed by atoms with Crippen LogP contribution in [-0.4, -0.2) is 74.5 Å². The van der Waals surface area contributed by atoms with E-state index in [9.17, 15) is 18.0 Å². The first-order valence-corrected chi connectivity index (χ1v) is 11.4. The summed E-state index contributed by atoms with van der Waals surface area (Å²) in [5.74, 6) is -0.936. The van der Waals surface area contributed by atoms with Gasteiger partial charge in [0, 0.05) is 26.2 Å². The summed E-state index contributed by atoms with van der Waals surface area (Å²) in [7, 11) is -3.76. The van der Waals surface area contributed by atoms with E-state index >= 15 is 0 Å². The van der Waals surface area contributed by atoms with E-state index in [0.29, 0.717) is 13.1 Å². The molecule has 8 nitrogen and oxygen atoms in total. The standard InChI is InChI=1S/C20H28N2O6S/c1-15-12-22(13-16(2)28-15)29(25,26)18-8-6-7-17(11-18)20(24)27-14-19(23)21-9-4-3-5-10-21/h6-8,11,15-16H,3-5,9-10,12-14H2,1-2H3/t15-,16-/m1/s1. The highest BCUT2D eigenvalue weighted by atomic mass is 32.2. The van der Waals surface area contributed by atoms with Crippen molar-refractivity contribution in [1.82, 2.24) is 9.21 Å². The molecule has 0 aliphatic carbocycles. The zero-order valence-electron chi connectivity index (χ0n) is 16.9. The van der Waals surface area contributed by atoms with Crippen LogP contribution in [0.15, 0.2) is 29.2 Å². The van der Waals surface area contributed by atoms with Crippen LogP contribution in [-0.2, 0) is 24.3 Å². The molecule has 3 rings (SSSR count). The number of piperidine rings is 1. The van der Waals surface area contributed by atoms with Gasteiger partial charge in [0.05, 0.1) is 22.7 Å². The first-order chi connectivity index (χ1) is 13.8. The van der Waals surface area contributed by atoms with Crippen molar-refractivity contribution in [3.63, 3.8) is 0 Å².